The minimum Gasteiger partial charge on any atom is -0.355 e. The first-order valence-corrected chi connectivity index (χ1v) is 23.0. The fraction of sp³-hybridized carbons (Fsp3) is 0.254. The van der Waals surface area contributed by atoms with E-state index < -0.39 is 5.41 Å². The predicted molar refractivity (Wildman–Crippen MR) is 264 cm³/mol. The maximum Gasteiger partial charge on any atom is 0.198 e. The van der Waals surface area contributed by atoms with E-state index in [-0.39, 0.29) is 10.8 Å². The highest BCUT2D eigenvalue weighted by Gasteiger charge is 2.53. The monoisotopic (exact) mass is 802 g/mol. The van der Waals surface area contributed by atoms with Crippen molar-refractivity contribution in [2.75, 3.05) is 10.2 Å². The molecule has 2 nitrogen and oxygen atoms in total. The number of benzene rings is 6. The normalized spacial score (nSPS) is 19.1. The van der Waals surface area contributed by atoms with Gasteiger partial charge in [0.15, 0.2) is 7.28 Å². The lowest BCUT2D eigenvalue weighted by Gasteiger charge is -2.48. The molecule has 2 heterocycles. The number of fused-ring (bicyclic) bond motifs is 12. The zero-order valence-electron chi connectivity index (χ0n) is 37.4. The van der Waals surface area contributed by atoms with Gasteiger partial charge in [0.2, 0.25) is 0 Å². The minimum absolute atomic E-state index is 0.128. The topological polar surface area (TPSA) is 15.3 Å². The van der Waals surface area contributed by atoms with Gasteiger partial charge in [-0.2, -0.15) is 0 Å². The summed E-state index contributed by atoms with van der Waals surface area (Å²) in [6.45, 7) is 16.7. The Hall–Kier alpha value is -6.06. The van der Waals surface area contributed by atoms with E-state index in [1.165, 1.54) is 136 Å². The van der Waals surface area contributed by atoms with Crippen molar-refractivity contribution in [3.63, 3.8) is 0 Å². The third-order valence-corrected chi connectivity index (χ3v) is 15.9. The number of nitrogens with zero attached hydrogens (tertiary/aromatic N) is 1. The Kier molecular flexibility index (Phi) is 8.04. The standard InChI is InChI=1S/C59H55BN2/c1-35-32-43(42-28-26-37(3)53(39-19-14-16-36(39)2)55(42)61-38-27-29-46-49(34-38)58(6,7)31-30-57(46,4)5)54-52(33-35)62-51-25-13-12-22-47(51)59(48-23-15-24-50(60-54)56(48)62)44-20-10-8-17-40(44)41-18-9-11-21-45(41)59/h8-18,20-25,27,29,32-34,60-61H,19,26,28,30-31H2,1-7H3. The van der Waals surface area contributed by atoms with Crippen LogP contribution in [0, 0.1) is 6.92 Å². The Morgan fingerprint density at radius 2 is 1.26 bits per heavy atom. The van der Waals surface area contributed by atoms with Gasteiger partial charge in [-0.05, 0) is 166 Å². The smallest absolute Gasteiger partial charge is 0.198 e. The maximum absolute atomic E-state index is 4.23. The number of hydrogen-bond donors (Lipinski definition) is 1. The lowest BCUT2D eigenvalue weighted by atomic mass is 9.54. The number of rotatable bonds is 4. The van der Waals surface area contributed by atoms with E-state index in [1.54, 1.807) is 0 Å². The van der Waals surface area contributed by atoms with Crippen LogP contribution in [0.3, 0.4) is 0 Å². The molecule has 0 radical (unpaired) electrons. The van der Waals surface area contributed by atoms with Crippen LogP contribution in [-0.4, -0.2) is 7.28 Å². The lowest BCUT2D eigenvalue weighted by Crippen LogP contribution is -2.47. The van der Waals surface area contributed by atoms with Gasteiger partial charge in [0.05, 0.1) is 11.1 Å². The number of nitrogens with one attached hydrogen (secondary N) is 1. The van der Waals surface area contributed by atoms with Crippen molar-refractivity contribution in [3.05, 3.63) is 206 Å². The SMILES string of the molecule is CC1=C(C2=C(C)CCC(c3cc(C)cc4c3Bc3cccc5c3N4c3ccccc3C53c4ccccc4-c4ccccc43)=C2Nc2ccc3c(c2)C(C)(C)CCC3(C)C)CC=C1. The summed E-state index contributed by atoms with van der Waals surface area (Å²) in [6.07, 6.45) is 10.1. The Morgan fingerprint density at radius 3 is 1.98 bits per heavy atom. The summed E-state index contributed by atoms with van der Waals surface area (Å²) >= 11 is 0. The van der Waals surface area contributed by atoms with Crippen LogP contribution in [0.5, 0.6) is 0 Å². The molecular weight excluding hydrogens is 747 g/mol. The molecule has 304 valence electrons. The van der Waals surface area contributed by atoms with Crippen molar-refractivity contribution < 1.29 is 0 Å². The molecule has 2 aliphatic heterocycles. The lowest BCUT2D eigenvalue weighted by molar-refractivity contribution is 0.332. The van der Waals surface area contributed by atoms with Gasteiger partial charge < -0.3 is 10.2 Å². The Bertz CT molecular complexity index is 3050. The van der Waals surface area contributed by atoms with Crippen molar-refractivity contribution in [3.8, 4) is 11.1 Å². The number of allylic oxidation sites excluding steroid dienone is 6. The zero-order valence-corrected chi connectivity index (χ0v) is 37.4. The van der Waals surface area contributed by atoms with Gasteiger partial charge in [-0.3, -0.25) is 0 Å². The zero-order chi connectivity index (χ0) is 42.3. The van der Waals surface area contributed by atoms with Gasteiger partial charge in [-0.25, -0.2) is 0 Å². The first-order chi connectivity index (χ1) is 30.0. The first kappa shape index (κ1) is 37.7. The largest absolute Gasteiger partial charge is 0.355 e. The number of aryl methyl sites for hydroxylation is 1. The van der Waals surface area contributed by atoms with Crippen LogP contribution in [0.15, 0.2) is 161 Å². The Balaban J connectivity index is 1.09. The molecule has 0 amide bonds. The van der Waals surface area contributed by atoms with Gasteiger partial charge >= 0.3 is 0 Å². The van der Waals surface area contributed by atoms with E-state index in [4.69, 9.17) is 0 Å². The third kappa shape index (κ3) is 5.11. The van der Waals surface area contributed by atoms with Gasteiger partial charge in [0.1, 0.15) is 0 Å². The van der Waals surface area contributed by atoms with E-state index in [0.717, 1.165) is 26.5 Å². The van der Waals surface area contributed by atoms with Crippen LogP contribution >= 0.6 is 0 Å². The van der Waals surface area contributed by atoms with Crippen molar-refractivity contribution in [1.82, 2.24) is 0 Å². The summed E-state index contributed by atoms with van der Waals surface area (Å²) in [6, 6.07) is 47.1. The van der Waals surface area contributed by atoms with Crippen LogP contribution in [0.2, 0.25) is 0 Å². The molecule has 0 aromatic heterocycles. The highest BCUT2D eigenvalue weighted by molar-refractivity contribution is 6.72. The molecule has 6 aliphatic rings. The van der Waals surface area contributed by atoms with Gasteiger partial charge in [0.25, 0.3) is 0 Å². The molecule has 0 unspecified atom stereocenters. The predicted octanol–water partition coefficient (Wildman–Crippen LogP) is 13.4. The number of anilines is 4. The number of hydrogen-bond acceptors (Lipinski definition) is 2. The average Bonchev–Trinajstić information content (AvgIpc) is 3.83. The molecule has 12 rings (SSSR count). The third-order valence-electron chi connectivity index (χ3n) is 15.9. The molecule has 4 aliphatic carbocycles. The van der Waals surface area contributed by atoms with Gasteiger partial charge in [0, 0.05) is 28.3 Å². The Labute approximate surface area is 369 Å². The van der Waals surface area contributed by atoms with Crippen LogP contribution in [0.4, 0.5) is 22.7 Å². The van der Waals surface area contributed by atoms with E-state index in [2.05, 4.69) is 192 Å². The van der Waals surface area contributed by atoms with Crippen molar-refractivity contribution in [1.29, 1.82) is 0 Å². The summed E-state index contributed by atoms with van der Waals surface area (Å²) < 4.78 is 0. The maximum atomic E-state index is 4.23. The summed E-state index contributed by atoms with van der Waals surface area (Å²) in [5.74, 6) is 0. The van der Waals surface area contributed by atoms with Crippen molar-refractivity contribution in [2.45, 2.75) is 96.8 Å². The second-order valence-electron chi connectivity index (χ2n) is 20.4. The molecule has 0 saturated carbocycles. The quantitative estimate of drug-likeness (QED) is 0.178. The molecule has 3 heteroatoms. The second-order valence-corrected chi connectivity index (χ2v) is 20.4. The molecule has 1 spiro atoms. The van der Waals surface area contributed by atoms with Crippen LogP contribution in [-0.2, 0) is 16.2 Å². The van der Waals surface area contributed by atoms with Gasteiger partial charge in [-0.1, -0.05) is 148 Å². The van der Waals surface area contributed by atoms with E-state index >= 15 is 0 Å². The second kappa shape index (κ2) is 13.2. The van der Waals surface area contributed by atoms with Crippen LogP contribution in [0.1, 0.15) is 118 Å². The summed E-state index contributed by atoms with van der Waals surface area (Å²) in [4.78, 5) is 2.66. The molecule has 6 aromatic rings. The number of para-hydroxylation sites is 2. The first-order valence-electron chi connectivity index (χ1n) is 23.0. The van der Waals surface area contributed by atoms with E-state index in [9.17, 15) is 0 Å². The summed E-state index contributed by atoms with van der Waals surface area (Å²) in [5, 5.41) is 4.23. The molecule has 62 heavy (non-hydrogen) atoms. The molecule has 0 bridgehead atoms. The highest BCUT2D eigenvalue weighted by atomic mass is 15.2. The molecule has 0 fully saturated rings. The van der Waals surface area contributed by atoms with Crippen LogP contribution in [0.25, 0.3) is 16.7 Å². The van der Waals surface area contributed by atoms with Crippen molar-refractivity contribution >= 4 is 46.5 Å². The molecule has 0 atom stereocenters. The molecular formula is C59H55BN2. The molecule has 1 N–H and O–H groups in total. The fourth-order valence-corrected chi connectivity index (χ4v) is 12.7. The van der Waals surface area contributed by atoms with E-state index in [1.807, 2.05) is 0 Å². The molecule has 0 saturated heterocycles. The highest BCUT2D eigenvalue weighted by Crippen LogP contribution is 2.63. The summed E-state index contributed by atoms with van der Waals surface area (Å²) in [7, 11) is 0.881. The van der Waals surface area contributed by atoms with E-state index in [0.29, 0.717) is 0 Å². The minimum atomic E-state index is -0.407. The summed E-state index contributed by atoms with van der Waals surface area (Å²) in [5.41, 5.74) is 30.2. The van der Waals surface area contributed by atoms with Crippen LogP contribution < -0.4 is 21.1 Å². The molecule has 6 aromatic carbocycles. The van der Waals surface area contributed by atoms with Crippen molar-refractivity contribution in [2.24, 2.45) is 0 Å². The van der Waals surface area contributed by atoms with Gasteiger partial charge in [-0.15, -0.1) is 0 Å². The Morgan fingerprint density at radius 1 is 0.581 bits per heavy atom. The fourth-order valence-electron chi connectivity index (χ4n) is 12.7. The average molecular weight is 803 g/mol.